The molecule has 24 heavy (non-hydrogen) atoms. The molecule has 0 bridgehead atoms. The summed E-state index contributed by atoms with van der Waals surface area (Å²) in [4.78, 5) is 17.8. The van der Waals surface area contributed by atoms with E-state index in [9.17, 15) is 4.79 Å². The van der Waals surface area contributed by atoms with Crippen molar-refractivity contribution in [3.8, 4) is 0 Å². The highest BCUT2D eigenvalue weighted by Gasteiger charge is 2.23. The average Bonchev–Trinajstić information content (AvgIpc) is 2.57. The lowest BCUT2D eigenvalue weighted by Crippen LogP contribution is -2.48. The topological polar surface area (TPSA) is 80.0 Å². The van der Waals surface area contributed by atoms with Crippen LogP contribution in [0.2, 0.25) is 0 Å². The van der Waals surface area contributed by atoms with E-state index in [1.165, 1.54) is 11.1 Å². The van der Waals surface area contributed by atoms with Gasteiger partial charge in [0.05, 0.1) is 6.61 Å². The van der Waals surface area contributed by atoms with Gasteiger partial charge >= 0.3 is 6.09 Å². The molecule has 1 amide bonds. The molecule has 0 atom stereocenters. The first-order valence-electron chi connectivity index (χ1n) is 8.62. The molecule has 132 valence electrons. The molecular formula is C18H28N4O2. The first kappa shape index (κ1) is 18.1. The molecule has 0 aliphatic carbocycles. The maximum atomic E-state index is 11.7. The van der Waals surface area contributed by atoms with E-state index in [1.807, 2.05) is 19.1 Å². The SMILES string of the molecule is CCOC(=O)N1CCC(NC(N)=NCCc2ccccc2C)CC1. The summed E-state index contributed by atoms with van der Waals surface area (Å²) < 4.78 is 5.02. The van der Waals surface area contributed by atoms with Crippen molar-refractivity contribution in [2.45, 2.75) is 39.2 Å². The minimum atomic E-state index is -0.226. The van der Waals surface area contributed by atoms with Crippen LogP contribution in [0.1, 0.15) is 30.9 Å². The predicted octanol–water partition coefficient (Wildman–Crippen LogP) is 2.06. The van der Waals surface area contributed by atoms with Crippen LogP contribution in [0.15, 0.2) is 29.3 Å². The van der Waals surface area contributed by atoms with Crippen LogP contribution in [-0.4, -0.2) is 49.2 Å². The number of nitrogens with two attached hydrogens (primary N) is 1. The first-order chi connectivity index (χ1) is 11.6. The van der Waals surface area contributed by atoms with Crippen LogP contribution in [0, 0.1) is 6.92 Å². The summed E-state index contributed by atoms with van der Waals surface area (Å²) >= 11 is 0. The zero-order valence-corrected chi connectivity index (χ0v) is 14.6. The van der Waals surface area contributed by atoms with Crippen LogP contribution >= 0.6 is 0 Å². The Morgan fingerprint density at radius 1 is 1.38 bits per heavy atom. The average molecular weight is 332 g/mol. The Hall–Kier alpha value is -2.24. The lowest BCUT2D eigenvalue weighted by atomic mass is 10.1. The number of aliphatic imine (C=N–C) groups is 1. The monoisotopic (exact) mass is 332 g/mol. The van der Waals surface area contributed by atoms with Crippen molar-refractivity contribution in [3.05, 3.63) is 35.4 Å². The molecule has 0 aromatic heterocycles. The van der Waals surface area contributed by atoms with Gasteiger partial charge in [0.2, 0.25) is 0 Å². The Balaban J connectivity index is 1.72. The van der Waals surface area contributed by atoms with E-state index >= 15 is 0 Å². The highest BCUT2D eigenvalue weighted by Crippen LogP contribution is 2.11. The van der Waals surface area contributed by atoms with Gasteiger partial charge < -0.3 is 20.7 Å². The molecule has 1 aliphatic rings. The fourth-order valence-corrected chi connectivity index (χ4v) is 2.86. The van der Waals surface area contributed by atoms with E-state index in [0.717, 1.165) is 19.3 Å². The second-order valence-electron chi connectivity index (χ2n) is 6.05. The minimum absolute atomic E-state index is 0.226. The number of aryl methyl sites for hydroxylation is 1. The summed E-state index contributed by atoms with van der Waals surface area (Å²) in [6, 6.07) is 8.58. The van der Waals surface area contributed by atoms with Gasteiger partial charge in [-0.2, -0.15) is 0 Å². The number of carbonyl (C=O) groups excluding carboxylic acids is 1. The Bertz CT molecular complexity index is 566. The fraction of sp³-hybridized carbons (Fsp3) is 0.556. The Morgan fingerprint density at radius 3 is 2.75 bits per heavy atom. The van der Waals surface area contributed by atoms with Gasteiger partial charge in [-0.15, -0.1) is 0 Å². The molecule has 0 saturated carbocycles. The second kappa shape index (κ2) is 9.15. The van der Waals surface area contributed by atoms with Gasteiger partial charge in [-0.05, 0) is 44.2 Å². The number of amides is 1. The summed E-state index contributed by atoms with van der Waals surface area (Å²) in [6.07, 6.45) is 2.37. The molecule has 1 saturated heterocycles. The fourth-order valence-electron chi connectivity index (χ4n) is 2.86. The van der Waals surface area contributed by atoms with E-state index < -0.39 is 0 Å². The number of likely N-dealkylation sites (tertiary alicyclic amines) is 1. The van der Waals surface area contributed by atoms with Crippen LogP contribution < -0.4 is 11.1 Å². The number of benzene rings is 1. The number of carbonyl (C=O) groups is 1. The van der Waals surface area contributed by atoms with Gasteiger partial charge in [0, 0.05) is 25.7 Å². The molecular weight excluding hydrogens is 304 g/mol. The van der Waals surface area contributed by atoms with Crippen molar-refractivity contribution in [2.75, 3.05) is 26.2 Å². The van der Waals surface area contributed by atoms with Crippen molar-refractivity contribution in [1.82, 2.24) is 10.2 Å². The Morgan fingerprint density at radius 2 is 2.08 bits per heavy atom. The third kappa shape index (κ3) is 5.44. The van der Waals surface area contributed by atoms with E-state index in [2.05, 4.69) is 29.4 Å². The normalized spacial score (nSPS) is 16.1. The molecule has 6 heteroatoms. The number of nitrogens with one attached hydrogen (secondary N) is 1. The van der Waals surface area contributed by atoms with Gasteiger partial charge in [-0.1, -0.05) is 24.3 Å². The van der Waals surface area contributed by atoms with Gasteiger partial charge in [-0.25, -0.2) is 4.79 Å². The molecule has 1 aliphatic heterocycles. The van der Waals surface area contributed by atoms with E-state index in [-0.39, 0.29) is 12.1 Å². The number of guanidine groups is 1. The van der Waals surface area contributed by atoms with Gasteiger partial charge in [0.1, 0.15) is 0 Å². The van der Waals surface area contributed by atoms with Crippen molar-refractivity contribution < 1.29 is 9.53 Å². The minimum Gasteiger partial charge on any atom is -0.450 e. The van der Waals surface area contributed by atoms with Crippen LogP contribution in [0.5, 0.6) is 0 Å². The van der Waals surface area contributed by atoms with E-state index in [4.69, 9.17) is 10.5 Å². The number of piperidine rings is 1. The Labute approximate surface area is 144 Å². The third-order valence-corrected chi connectivity index (χ3v) is 4.30. The molecule has 3 N–H and O–H groups in total. The summed E-state index contributed by atoms with van der Waals surface area (Å²) in [5.74, 6) is 0.484. The first-order valence-corrected chi connectivity index (χ1v) is 8.62. The zero-order chi connectivity index (χ0) is 17.4. The van der Waals surface area contributed by atoms with Crippen molar-refractivity contribution in [2.24, 2.45) is 10.7 Å². The molecule has 2 rings (SSSR count). The Kier molecular flexibility index (Phi) is 6.90. The highest BCUT2D eigenvalue weighted by atomic mass is 16.6. The zero-order valence-electron chi connectivity index (χ0n) is 14.6. The molecule has 6 nitrogen and oxygen atoms in total. The summed E-state index contributed by atoms with van der Waals surface area (Å²) in [5.41, 5.74) is 8.57. The maximum absolute atomic E-state index is 11.7. The molecule has 1 heterocycles. The van der Waals surface area contributed by atoms with Gasteiger partial charge in [0.15, 0.2) is 5.96 Å². The highest BCUT2D eigenvalue weighted by molar-refractivity contribution is 5.78. The van der Waals surface area contributed by atoms with Crippen molar-refractivity contribution >= 4 is 12.1 Å². The predicted molar refractivity (Wildman–Crippen MR) is 96.1 cm³/mol. The molecule has 1 fully saturated rings. The summed E-state index contributed by atoms with van der Waals surface area (Å²) in [6.45, 7) is 6.39. The molecule has 1 aromatic rings. The van der Waals surface area contributed by atoms with Crippen LogP contribution in [-0.2, 0) is 11.2 Å². The van der Waals surface area contributed by atoms with Crippen LogP contribution in [0.25, 0.3) is 0 Å². The quantitative estimate of drug-likeness (QED) is 0.639. The smallest absolute Gasteiger partial charge is 0.409 e. The van der Waals surface area contributed by atoms with E-state index in [1.54, 1.807) is 4.90 Å². The summed E-state index contributed by atoms with van der Waals surface area (Å²) in [5, 5.41) is 3.26. The number of rotatable bonds is 5. The maximum Gasteiger partial charge on any atom is 0.409 e. The third-order valence-electron chi connectivity index (χ3n) is 4.30. The van der Waals surface area contributed by atoms with Crippen molar-refractivity contribution in [1.29, 1.82) is 0 Å². The lowest BCUT2D eigenvalue weighted by molar-refractivity contribution is 0.0963. The van der Waals surface area contributed by atoms with Crippen molar-refractivity contribution in [3.63, 3.8) is 0 Å². The summed E-state index contributed by atoms with van der Waals surface area (Å²) in [7, 11) is 0. The number of hydrogen-bond acceptors (Lipinski definition) is 3. The standard InChI is InChI=1S/C18H28N4O2/c1-3-24-18(23)22-12-9-16(10-13-22)21-17(19)20-11-8-15-7-5-4-6-14(15)2/h4-7,16H,3,8-13H2,1-2H3,(H3,19,20,21). The van der Waals surface area contributed by atoms with Gasteiger partial charge in [-0.3, -0.25) is 4.99 Å². The van der Waals surface area contributed by atoms with Gasteiger partial charge in [0.25, 0.3) is 0 Å². The van der Waals surface area contributed by atoms with Crippen LogP contribution in [0.4, 0.5) is 4.79 Å². The lowest BCUT2D eigenvalue weighted by Gasteiger charge is -2.31. The van der Waals surface area contributed by atoms with E-state index in [0.29, 0.717) is 32.2 Å². The molecule has 0 radical (unpaired) electrons. The number of ether oxygens (including phenoxy) is 1. The molecule has 1 aromatic carbocycles. The number of hydrogen-bond donors (Lipinski definition) is 2. The number of nitrogens with zero attached hydrogens (tertiary/aromatic N) is 2. The molecule has 0 spiro atoms. The second-order valence-corrected chi connectivity index (χ2v) is 6.05. The van der Waals surface area contributed by atoms with Crippen LogP contribution in [0.3, 0.4) is 0 Å². The molecule has 0 unspecified atom stereocenters. The largest absolute Gasteiger partial charge is 0.450 e.